The van der Waals surface area contributed by atoms with E-state index in [1.807, 2.05) is 26.5 Å². The number of carbonyl (C=O) groups excluding carboxylic acids is 4. The van der Waals surface area contributed by atoms with Crippen LogP contribution in [0, 0.1) is 0 Å². The Bertz CT molecular complexity index is 3570. The Balaban J connectivity index is 0.859. The number of benzene rings is 2. The van der Waals surface area contributed by atoms with Crippen molar-refractivity contribution >= 4 is 102 Å². The van der Waals surface area contributed by atoms with Gasteiger partial charge in [-0.05, 0) is 63.1 Å². The number of aryl methyl sites for hydroxylation is 2. The van der Waals surface area contributed by atoms with E-state index < -0.39 is 106 Å². The molecule has 2 aromatic carbocycles. The molecular weight excluding hydrogens is 1230 g/mol. The molecule has 37 heteroatoms. The molecule has 8 rings (SSSR count). The van der Waals surface area contributed by atoms with Gasteiger partial charge in [0.15, 0.2) is 21.7 Å². The van der Waals surface area contributed by atoms with E-state index in [1.165, 1.54) is 38.5 Å². The molecule has 4 amide bonds. The molecule has 2 aliphatic heterocycles. The van der Waals surface area contributed by atoms with Gasteiger partial charge in [0.1, 0.15) is 60.6 Å². The van der Waals surface area contributed by atoms with Crippen LogP contribution in [0.3, 0.4) is 0 Å². The zero-order chi connectivity index (χ0) is 64.5. The highest BCUT2D eigenvalue weighted by atomic mass is 32.3. The van der Waals surface area contributed by atoms with Crippen molar-refractivity contribution in [2.24, 2.45) is 35.9 Å². The second kappa shape index (κ2) is 27.5. The van der Waals surface area contributed by atoms with Gasteiger partial charge in [-0.1, -0.05) is 44.5 Å². The number of aromatic nitrogens is 6. The normalized spacial score (nSPS) is 16.9. The maximum Gasteiger partial charge on any atom is 0.442 e. The lowest BCUT2D eigenvalue weighted by Gasteiger charge is -2.52. The molecule has 14 N–H and O–H groups in total. The number of rotatable bonds is 30. The summed E-state index contributed by atoms with van der Waals surface area (Å²) in [7, 11) is -1.74. The van der Waals surface area contributed by atoms with E-state index in [-0.39, 0.29) is 33.1 Å². The van der Waals surface area contributed by atoms with Gasteiger partial charge in [-0.15, -0.1) is 31.2 Å². The van der Waals surface area contributed by atoms with Crippen LogP contribution in [0.1, 0.15) is 39.1 Å². The lowest BCUT2D eigenvalue weighted by atomic mass is 9.84. The number of hydrogen-bond donors (Lipinski definition) is 10. The quantitative estimate of drug-likeness (QED) is 0.0110. The van der Waals surface area contributed by atoms with Crippen LogP contribution in [0.15, 0.2) is 94.4 Å². The number of thiazole rings is 2. The molecule has 2 saturated heterocycles. The van der Waals surface area contributed by atoms with E-state index in [0.717, 1.165) is 44.9 Å². The number of nitrogens with two attached hydrogens (primary N) is 4. The number of β-lactam (4-membered cyclic amide) rings is 2. The van der Waals surface area contributed by atoms with Crippen LogP contribution >= 0.6 is 22.7 Å². The number of carbonyl (C=O) groups is 6. The third-order valence-electron chi connectivity index (χ3n) is 13.3. The van der Waals surface area contributed by atoms with Gasteiger partial charge in [0.05, 0.1) is 50.7 Å². The first kappa shape index (κ1) is 65.2. The molecule has 34 nitrogen and oxygen atoms in total. The number of carboxylic acids is 2. The topological polar surface area (TPSA) is 475 Å². The van der Waals surface area contributed by atoms with E-state index in [4.69, 9.17) is 50.7 Å². The summed E-state index contributed by atoms with van der Waals surface area (Å²) in [6, 6.07) is 10.2. The van der Waals surface area contributed by atoms with Crippen molar-refractivity contribution in [3.05, 3.63) is 95.5 Å². The Kier molecular flexibility index (Phi) is 20.1. The molecule has 0 radical (unpaired) electrons. The second-order valence-corrected chi connectivity index (χ2v) is 23.4. The number of oxime groups is 2. The Morgan fingerprint density at radius 1 is 0.652 bits per heavy atom. The minimum atomic E-state index is -5.37. The number of nitrogen functional groups attached to an aromatic ring is 2. The average Bonchev–Trinajstić information content (AvgIpc) is 1.07. The first-order valence-corrected chi connectivity index (χ1v) is 29.7. The van der Waals surface area contributed by atoms with Gasteiger partial charge in [-0.3, -0.25) is 29.8 Å². The summed E-state index contributed by atoms with van der Waals surface area (Å²) < 4.78 is 51.9. The van der Waals surface area contributed by atoms with Gasteiger partial charge < -0.3 is 62.9 Å². The molecule has 4 atom stereocenters. The zero-order valence-electron chi connectivity index (χ0n) is 48.3. The molecular formula is C52H62N18O16S3+2. The summed E-state index contributed by atoms with van der Waals surface area (Å²) in [5.74, 6) is -5.84. The molecule has 89 heavy (non-hydrogen) atoms. The monoisotopic (exact) mass is 1290 g/mol. The highest BCUT2D eigenvalue weighted by Crippen LogP contribution is 2.37. The fraction of sp³-hybridized carbons (Fsp3) is 0.346. The van der Waals surface area contributed by atoms with Gasteiger partial charge in [0.25, 0.3) is 35.8 Å². The number of ether oxygens (including phenoxy) is 2. The predicted octanol–water partition coefficient (Wildman–Crippen LogP) is -1.20. The summed E-state index contributed by atoms with van der Waals surface area (Å²) in [6.45, 7) is 5.95. The molecule has 2 aliphatic rings. The molecule has 0 bridgehead atoms. The molecule has 6 heterocycles. The van der Waals surface area contributed by atoms with Crippen molar-refractivity contribution < 1.29 is 84.2 Å². The summed E-state index contributed by atoms with van der Waals surface area (Å²) in [4.78, 5) is 107. The van der Waals surface area contributed by atoms with Crippen LogP contribution in [0.25, 0.3) is 22.3 Å². The van der Waals surface area contributed by atoms with Crippen LogP contribution < -0.4 is 62.8 Å². The van der Waals surface area contributed by atoms with Crippen LogP contribution in [-0.2, 0) is 71.5 Å². The van der Waals surface area contributed by atoms with Gasteiger partial charge in [-0.2, -0.15) is 18.5 Å². The first-order chi connectivity index (χ1) is 42.2. The minimum absolute atomic E-state index is 0.0189. The highest BCUT2D eigenvalue weighted by molar-refractivity contribution is 7.81. The maximum absolute atomic E-state index is 13.9. The fourth-order valence-corrected chi connectivity index (χ4v) is 10.5. The lowest BCUT2D eigenvalue weighted by molar-refractivity contribution is -0.659. The molecule has 0 spiro atoms. The maximum atomic E-state index is 13.9. The molecule has 472 valence electrons. The van der Waals surface area contributed by atoms with Crippen molar-refractivity contribution in [3.63, 3.8) is 0 Å². The SMILES string of the molecule is C[n+]1cc(-c2ccc(OC[C@H](O/N=C(\C(=O)N[C@@H]3C(=O)N(OS(=O)(=O)ON4C(=O)[C@@H](NC(=O)/C(=N\O[C@@H](COc5ccc(-c6cnc(NCCN)[n+](C)c6)cc5)C(=O)O)c5csc(N)n5)C4(C)C)C3(C)C)c3csc(N)n3)C(=O)O)cc2)cnc1NCCN. The van der Waals surface area contributed by atoms with Crippen LogP contribution in [-0.4, -0.2) is 170 Å². The van der Waals surface area contributed by atoms with Crippen LogP contribution in [0.4, 0.5) is 22.2 Å². The number of aliphatic carboxylic acids is 2. The Morgan fingerprint density at radius 3 is 1.33 bits per heavy atom. The van der Waals surface area contributed by atoms with Gasteiger partial charge in [0, 0.05) is 35.0 Å². The number of nitrogens with zero attached hydrogens (tertiary/aromatic N) is 10. The van der Waals surface area contributed by atoms with Gasteiger partial charge in [-0.25, -0.2) is 28.7 Å². The standard InChI is InChI=1S/C52H60N18O16S3/c1-51(2)39(63-41(71)37(33-25-87-47(55)61-33)65-83-35(45(75)76)23-81-31-11-7-27(8-12-31)29-19-59-49(57-17-15-53)67(5)21-29)43(73)69(51)85-89(79,80)86-70-44(74)40(52(70,3)4)64-42(72)38(34-26-88-48(56)62-34)66-84-36(46(77)78)24-82-32-13-9-28(10-14-32)30-20-60-50(58-18-16-54)68(6)22-30/h7-14,19-22,25-26,35-36,39-40H,15-18,23-24,53-54H2,1-6H3,(H8,55,56,61,62,63,64,71,72,75,76,77,78)/p+2/b65-37-,66-38-/t35-,36-,39+,40+/m0/s1. The second-order valence-electron chi connectivity index (χ2n) is 20.5. The van der Waals surface area contributed by atoms with Gasteiger partial charge in [0.2, 0.25) is 0 Å². The first-order valence-electron chi connectivity index (χ1n) is 26.6. The molecule has 4 aromatic heterocycles. The van der Waals surface area contributed by atoms with Crippen LogP contribution in [0.5, 0.6) is 11.5 Å². The summed E-state index contributed by atoms with van der Waals surface area (Å²) in [5, 5.41) is 41.9. The average molecular weight is 1290 g/mol. The number of hydrogen-bond acceptors (Lipinski definition) is 28. The van der Waals surface area contributed by atoms with E-state index in [0.29, 0.717) is 48.2 Å². The van der Waals surface area contributed by atoms with Crippen molar-refractivity contribution in [3.8, 4) is 33.8 Å². The summed E-state index contributed by atoms with van der Waals surface area (Å²) in [5.41, 5.74) is 20.9. The number of amides is 4. The third kappa shape index (κ3) is 15.3. The minimum Gasteiger partial charge on any atom is -0.489 e. The number of nitrogens with one attached hydrogen (secondary N) is 4. The van der Waals surface area contributed by atoms with Crippen molar-refractivity contribution in [2.45, 2.75) is 63.1 Å². The Hall–Kier alpha value is -9.79. The fourth-order valence-electron chi connectivity index (χ4n) is 8.46. The van der Waals surface area contributed by atoms with E-state index in [2.05, 4.69) is 51.5 Å². The third-order valence-corrected chi connectivity index (χ3v) is 15.3. The lowest BCUT2D eigenvalue weighted by Crippen LogP contribution is -2.78. The smallest absolute Gasteiger partial charge is 0.442 e. The summed E-state index contributed by atoms with van der Waals surface area (Å²) in [6.07, 6.45) is 3.46. The van der Waals surface area contributed by atoms with E-state index >= 15 is 0 Å². The van der Waals surface area contributed by atoms with E-state index in [9.17, 15) is 47.4 Å². The van der Waals surface area contributed by atoms with Crippen molar-refractivity contribution in [1.29, 1.82) is 0 Å². The van der Waals surface area contributed by atoms with Crippen molar-refractivity contribution in [1.82, 2.24) is 40.7 Å². The Morgan fingerprint density at radius 2 is 1.02 bits per heavy atom. The number of anilines is 4. The molecule has 0 saturated carbocycles. The molecule has 2 fully saturated rings. The van der Waals surface area contributed by atoms with E-state index in [1.54, 1.807) is 70.1 Å². The van der Waals surface area contributed by atoms with Crippen molar-refractivity contribution in [2.75, 3.05) is 61.5 Å². The zero-order valence-corrected chi connectivity index (χ0v) is 50.7. The molecule has 0 aliphatic carbocycles. The van der Waals surface area contributed by atoms with Gasteiger partial charge >= 0.3 is 34.2 Å². The molecule has 6 aromatic rings. The number of hydroxylamine groups is 4. The predicted molar refractivity (Wildman–Crippen MR) is 316 cm³/mol. The van der Waals surface area contributed by atoms with Crippen LogP contribution in [0.2, 0.25) is 0 Å². The summed E-state index contributed by atoms with van der Waals surface area (Å²) >= 11 is 1.80. The number of carboxylic acid groups (broad SMARTS) is 2. The molecule has 0 unspecified atom stereocenters. The Labute approximate surface area is 514 Å². The highest BCUT2D eigenvalue weighted by Gasteiger charge is 2.61. The largest absolute Gasteiger partial charge is 0.489 e.